The summed E-state index contributed by atoms with van der Waals surface area (Å²) in [5.41, 5.74) is 6.22. The smallest absolute Gasteiger partial charge is 0.285 e. The minimum atomic E-state index is -3.65. The zero-order valence-electron chi connectivity index (χ0n) is 16.0. The van der Waals surface area contributed by atoms with Crippen molar-refractivity contribution in [2.24, 2.45) is 16.2 Å². The van der Waals surface area contributed by atoms with Gasteiger partial charge in [0.1, 0.15) is 17.1 Å². The summed E-state index contributed by atoms with van der Waals surface area (Å²) in [6.45, 7) is 0.434. The fraction of sp³-hybridized carbons (Fsp3) is 0.238. The van der Waals surface area contributed by atoms with E-state index in [1.807, 2.05) is 0 Å². The van der Waals surface area contributed by atoms with E-state index in [0.29, 0.717) is 29.0 Å². The first-order valence-corrected chi connectivity index (χ1v) is 11.5. The second kappa shape index (κ2) is 6.79. The summed E-state index contributed by atoms with van der Waals surface area (Å²) in [5, 5.41) is 14.4. The summed E-state index contributed by atoms with van der Waals surface area (Å²) in [4.78, 5) is 13.4. The molecule has 5 rings (SSSR count). The second-order valence-corrected chi connectivity index (χ2v) is 9.72. The normalized spacial score (nSPS) is 20.5. The number of halogens is 1. The Kier molecular flexibility index (Phi) is 4.31. The quantitative estimate of drug-likeness (QED) is 0.555. The van der Waals surface area contributed by atoms with Crippen LogP contribution in [0.1, 0.15) is 24.8 Å². The Morgan fingerprint density at radius 1 is 1.27 bits per heavy atom. The van der Waals surface area contributed by atoms with Crippen molar-refractivity contribution in [1.29, 1.82) is 0 Å². The van der Waals surface area contributed by atoms with Crippen LogP contribution in [-0.2, 0) is 11.1 Å². The van der Waals surface area contributed by atoms with Crippen LogP contribution in [0.25, 0.3) is 10.9 Å². The highest BCUT2D eigenvalue weighted by atomic mass is 31.2. The number of amidine groups is 1. The lowest BCUT2D eigenvalue weighted by atomic mass is 10.1. The first-order valence-electron chi connectivity index (χ1n) is 9.76. The number of aromatic nitrogens is 1. The Bertz CT molecular complexity index is 1330. The van der Waals surface area contributed by atoms with E-state index in [1.54, 1.807) is 24.3 Å². The molecule has 4 N–H and O–H groups in total. The summed E-state index contributed by atoms with van der Waals surface area (Å²) >= 11 is 0. The molecule has 1 saturated carbocycles. The molecule has 1 atom stereocenters. The summed E-state index contributed by atoms with van der Waals surface area (Å²) in [7, 11) is -3.65. The van der Waals surface area contributed by atoms with E-state index in [-0.39, 0.29) is 16.8 Å². The van der Waals surface area contributed by atoms with Crippen molar-refractivity contribution in [2.45, 2.75) is 25.8 Å². The molecule has 154 valence electrons. The summed E-state index contributed by atoms with van der Waals surface area (Å²) in [6.07, 6.45) is 3.08. The Morgan fingerprint density at radius 3 is 2.80 bits per heavy atom. The van der Waals surface area contributed by atoms with Gasteiger partial charge in [-0.15, -0.1) is 0 Å². The maximum Gasteiger partial charge on any atom is 0.285 e. The maximum atomic E-state index is 14.0. The van der Waals surface area contributed by atoms with E-state index in [4.69, 9.17) is 5.50 Å². The zero-order valence-corrected chi connectivity index (χ0v) is 16.9. The van der Waals surface area contributed by atoms with Gasteiger partial charge < -0.3 is 15.0 Å². The SMILES string of the molecule is NP1(=O)N=C(c2c(O)c3cc(F)ccc3n(CCC3CC3)c2=O)Nc2ccccc21. The molecule has 9 heteroatoms. The molecule has 0 radical (unpaired) electrons. The third-order valence-electron chi connectivity index (χ3n) is 5.65. The van der Waals surface area contributed by atoms with Crippen LogP contribution in [0.3, 0.4) is 0 Å². The highest BCUT2D eigenvalue weighted by molar-refractivity contribution is 7.68. The molecule has 0 bridgehead atoms. The second-order valence-electron chi connectivity index (χ2n) is 7.79. The molecule has 7 nitrogen and oxygen atoms in total. The molecule has 0 amide bonds. The summed E-state index contributed by atoms with van der Waals surface area (Å²) in [6, 6.07) is 10.6. The van der Waals surface area contributed by atoms with Crippen LogP contribution in [0.4, 0.5) is 10.1 Å². The standard InChI is InChI=1S/C21H20FN4O3P/c22-13-7-8-16-14(11-13)19(27)18(21(28)26(16)10-9-12-5-6-12)20-24-15-3-1-2-4-17(15)30(23,29)25-20/h1-4,7-8,11-12,27H,5-6,9-10H2,(H3,23,24,25,29). The van der Waals surface area contributed by atoms with Crippen LogP contribution in [0, 0.1) is 11.7 Å². The Morgan fingerprint density at radius 2 is 2.03 bits per heavy atom. The average Bonchev–Trinajstić information content (AvgIpc) is 3.52. The fourth-order valence-corrected chi connectivity index (χ4v) is 5.22. The van der Waals surface area contributed by atoms with Crippen molar-refractivity contribution in [3.63, 3.8) is 0 Å². The van der Waals surface area contributed by atoms with Crippen LogP contribution in [0.2, 0.25) is 0 Å². The molecule has 0 spiro atoms. The van der Waals surface area contributed by atoms with Gasteiger partial charge in [-0.1, -0.05) is 25.0 Å². The first-order chi connectivity index (χ1) is 14.3. The number of hydrogen-bond acceptors (Lipinski definition) is 4. The topological polar surface area (TPSA) is 110 Å². The molecule has 3 aromatic rings. The molecule has 1 aliphatic carbocycles. The molecule has 30 heavy (non-hydrogen) atoms. The van der Waals surface area contributed by atoms with Crippen molar-refractivity contribution in [2.75, 3.05) is 5.32 Å². The van der Waals surface area contributed by atoms with Gasteiger partial charge >= 0.3 is 0 Å². The predicted octanol–water partition coefficient (Wildman–Crippen LogP) is 3.30. The zero-order chi connectivity index (χ0) is 21.0. The van der Waals surface area contributed by atoms with Crippen LogP contribution < -0.4 is 21.7 Å². The van der Waals surface area contributed by atoms with E-state index in [2.05, 4.69) is 10.1 Å². The molecule has 1 aromatic heterocycles. The number of benzene rings is 2. The lowest BCUT2D eigenvalue weighted by Gasteiger charge is -2.23. The van der Waals surface area contributed by atoms with Crippen molar-refractivity contribution in [1.82, 2.24) is 4.57 Å². The van der Waals surface area contributed by atoms with Crippen molar-refractivity contribution >= 4 is 35.2 Å². The number of nitrogens with two attached hydrogens (primary N) is 1. The predicted molar refractivity (Wildman–Crippen MR) is 115 cm³/mol. The maximum absolute atomic E-state index is 14.0. The lowest BCUT2D eigenvalue weighted by molar-refractivity contribution is 0.476. The van der Waals surface area contributed by atoms with Crippen LogP contribution in [0.5, 0.6) is 5.75 Å². The van der Waals surface area contributed by atoms with Crippen molar-refractivity contribution in [3.05, 3.63) is 64.2 Å². The number of rotatable bonds is 4. The highest BCUT2D eigenvalue weighted by Gasteiger charge is 2.32. The van der Waals surface area contributed by atoms with E-state index in [9.17, 15) is 18.9 Å². The van der Waals surface area contributed by atoms with E-state index < -0.39 is 24.6 Å². The monoisotopic (exact) mass is 426 g/mol. The van der Waals surface area contributed by atoms with E-state index in [0.717, 1.165) is 19.3 Å². The van der Waals surface area contributed by atoms with Crippen LogP contribution >= 0.6 is 7.44 Å². The fourth-order valence-electron chi connectivity index (χ4n) is 3.89. The molecule has 1 aliphatic heterocycles. The third kappa shape index (κ3) is 3.13. The summed E-state index contributed by atoms with van der Waals surface area (Å²) < 4.78 is 32.6. The Labute approximate surface area is 171 Å². The number of nitrogens with one attached hydrogen (secondary N) is 1. The molecule has 0 saturated heterocycles. The molecule has 2 heterocycles. The number of aryl methyl sites for hydroxylation is 1. The molecule has 1 fully saturated rings. The van der Waals surface area contributed by atoms with Gasteiger partial charge in [-0.25, -0.2) is 4.39 Å². The van der Waals surface area contributed by atoms with Crippen molar-refractivity contribution in [3.8, 4) is 5.75 Å². The molecular formula is C21H20FN4O3P. The number of fused-ring (bicyclic) bond motifs is 2. The minimum absolute atomic E-state index is 0.0756. The number of pyridine rings is 1. The number of para-hydroxylation sites is 1. The van der Waals surface area contributed by atoms with Gasteiger partial charge in [0.2, 0.25) is 0 Å². The van der Waals surface area contributed by atoms with Gasteiger partial charge in [0, 0.05) is 11.9 Å². The third-order valence-corrected chi connectivity index (χ3v) is 7.22. The van der Waals surface area contributed by atoms with Gasteiger partial charge in [0.15, 0.2) is 5.84 Å². The molecule has 2 aliphatic rings. The molecular weight excluding hydrogens is 406 g/mol. The lowest BCUT2D eigenvalue weighted by Crippen LogP contribution is -2.34. The number of hydrogen-bond donors (Lipinski definition) is 3. The highest BCUT2D eigenvalue weighted by Crippen LogP contribution is 2.43. The van der Waals surface area contributed by atoms with Crippen molar-refractivity contribution < 1.29 is 14.1 Å². The average molecular weight is 426 g/mol. The van der Waals surface area contributed by atoms with Crippen LogP contribution in [0.15, 0.2) is 52.0 Å². The first kappa shape index (κ1) is 19.0. The Hall–Kier alpha value is -2.96. The van der Waals surface area contributed by atoms with E-state index in [1.165, 1.54) is 22.8 Å². The van der Waals surface area contributed by atoms with Crippen LogP contribution in [-0.4, -0.2) is 15.5 Å². The number of aromatic hydroxyl groups is 1. The Balaban J connectivity index is 1.74. The van der Waals surface area contributed by atoms with Gasteiger partial charge in [-0.2, -0.15) is 4.76 Å². The largest absolute Gasteiger partial charge is 0.506 e. The molecule has 2 aromatic carbocycles. The summed E-state index contributed by atoms with van der Waals surface area (Å²) in [5.74, 6) is -0.452. The number of nitrogens with zero attached hydrogens (tertiary/aromatic N) is 2. The van der Waals surface area contributed by atoms with Gasteiger partial charge in [0.05, 0.1) is 16.5 Å². The van der Waals surface area contributed by atoms with Gasteiger partial charge in [0.25, 0.3) is 13.0 Å². The van der Waals surface area contributed by atoms with Gasteiger partial charge in [-0.3, -0.25) is 14.9 Å². The van der Waals surface area contributed by atoms with E-state index >= 15 is 0 Å². The van der Waals surface area contributed by atoms with Gasteiger partial charge in [-0.05, 0) is 42.7 Å². The minimum Gasteiger partial charge on any atom is -0.506 e. The molecule has 1 unspecified atom stereocenters. The number of anilines is 1.